The Bertz CT molecular complexity index is 537. The van der Waals surface area contributed by atoms with Gasteiger partial charge in [0.05, 0.1) is 22.4 Å². The van der Waals surface area contributed by atoms with Gasteiger partial charge >= 0.3 is 0 Å². The van der Waals surface area contributed by atoms with Gasteiger partial charge in [-0.15, -0.1) is 0 Å². The van der Waals surface area contributed by atoms with Gasteiger partial charge in [-0.3, -0.25) is 4.68 Å². The van der Waals surface area contributed by atoms with Gasteiger partial charge in [-0.25, -0.2) is 0 Å². The number of hydrogen-bond acceptors (Lipinski definition) is 2. The summed E-state index contributed by atoms with van der Waals surface area (Å²) in [5, 5.41) is 4.36. The molecule has 0 radical (unpaired) electrons. The molecule has 0 saturated heterocycles. The van der Waals surface area contributed by atoms with Gasteiger partial charge in [-0.1, -0.05) is 41.1 Å². The second kappa shape index (κ2) is 5.99. The van der Waals surface area contributed by atoms with Crippen LogP contribution in [0.15, 0.2) is 39.4 Å². The smallest absolute Gasteiger partial charge is 0.0745 e. The van der Waals surface area contributed by atoms with Crippen molar-refractivity contribution in [1.29, 1.82) is 0 Å². The zero-order chi connectivity index (χ0) is 13.1. The second-order valence-electron chi connectivity index (χ2n) is 4.10. The van der Waals surface area contributed by atoms with Crippen LogP contribution in [0.5, 0.6) is 0 Å². The van der Waals surface area contributed by atoms with Crippen LogP contribution in [0, 0.1) is 0 Å². The SMILES string of the molecule is CCCn1ncc(Br)c1C(N)c1ccccc1Br. The highest BCUT2D eigenvalue weighted by atomic mass is 79.9. The Kier molecular flexibility index (Phi) is 4.59. The number of hydrogen-bond donors (Lipinski definition) is 1. The molecule has 3 nitrogen and oxygen atoms in total. The number of benzene rings is 1. The molecule has 1 unspecified atom stereocenters. The van der Waals surface area contributed by atoms with Gasteiger partial charge in [-0.2, -0.15) is 5.10 Å². The maximum Gasteiger partial charge on any atom is 0.0745 e. The highest BCUT2D eigenvalue weighted by Crippen LogP contribution is 2.30. The van der Waals surface area contributed by atoms with E-state index in [4.69, 9.17) is 5.73 Å². The maximum absolute atomic E-state index is 6.37. The van der Waals surface area contributed by atoms with Crippen LogP contribution in [0.1, 0.15) is 30.6 Å². The molecule has 0 fully saturated rings. The summed E-state index contributed by atoms with van der Waals surface area (Å²) in [5.74, 6) is 0. The fourth-order valence-electron chi connectivity index (χ4n) is 1.95. The molecule has 0 aliphatic rings. The molecule has 5 heteroatoms. The minimum Gasteiger partial charge on any atom is -0.319 e. The van der Waals surface area contributed by atoms with E-state index in [1.807, 2.05) is 35.1 Å². The molecule has 96 valence electrons. The third kappa shape index (κ3) is 2.68. The number of rotatable bonds is 4. The molecule has 0 aliphatic carbocycles. The van der Waals surface area contributed by atoms with Crippen LogP contribution < -0.4 is 5.73 Å². The Labute approximate surface area is 124 Å². The van der Waals surface area contributed by atoms with E-state index in [1.54, 1.807) is 0 Å². The molecular weight excluding hydrogens is 358 g/mol. The van der Waals surface area contributed by atoms with Crippen LogP contribution in [0.25, 0.3) is 0 Å². The predicted octanol–water partition coefficient (Wildman–Crippen LogP) is 3.87. The summed E-state index contributed by atoms with van der Waals surface area (Å²) >= 11 is 7.08. The Balaban J connectivity index is 2.42. The maximum atomic E-state index is 6.37. The number of nitrogens with zero attached hydrogens (tertiary/aromatic N) is 2. The van der Waals surface area contributed by atoms with Crippen LogP contribution in [0.4, 0.5) is 0 Å². The van der Waals surface area contributed by atoms with Gasteiger partial charge in [0.15, 0.2) is 0 Å². The van der Waals surface area contributed by atoms with Gasteiger partial charge in [0.2, 0.25) is 0 Å². The van der Waals surface area contributed by atoms with Gasteiger partial charge in [0.1, 0.15) is 0 Å². The van der Waals surface area contributed by atoms with Crippen LogP contribution in [-0.2, 0) is 6.54 Å². The zero-order valence-electron chi connectivity index (χ0n) is 10.1. The van der Waals surface area contributed by atoms with Crippen molar-refractivity contribution >= 4 is 31.9 Å². The van der Waals surface area contributed by atoms with Gasteiger partial charge in [-0.05, 0) is 34.0 Å². The lowest BCUT2D eigenvalue weighted by Crippen LogP contribution is -2.18. The summed E-state index contributed by atoms with van der Waals surface area (Å²) in [4.78, 5) is 0. The molecular formula is C13H15Br2N3. The van der Waals surface area contributed by atoms with Crippen LogP contribution in [-0.4, -0.2) is 9.78 Å². The number of halogens is 2. The van der Waals surface area contributed by atoms with E-state index >= 15 is 0 Å². The molecule has 1 atom stereocenters. The Hall–Kier alpha value is -0.650. The molecule has 0 spiro atoms. The van der Waals surface area contributed by atoms with Crippen LogP contribution >= 0.6 is 31.9 Å². The van der Waals surface area contributed by atoms with Crippen LogP contribution in [0.3, 0.4) is 0 Å². The Morgan fingerprint density at radius 1 is 1.28 bits per heavy atom. The lowest BCUT2D eigenvalue weighted by Gasteiger charge is -2.16. The van der Waals surface area contributed by atoms with Gasteiger partial charge < -0.3 is 5.73 Å². The normalized spacial score (nSPS) is 12.7. The summed E-state index contributed by atoms with van der Waals surface area (Å²) in [6.07, 6.45) is 2.84. The Morgan fingerprint density at radius 2 is 2.00 bits per heavy atom. The molecule has 0 bridgehead atoms. The second-order valence-corrected chi connectivity index (χ2v) is 5.81. The fraction of sp³-hybridized carbons (Fsp3) is 0.308. The molecule has 1 heterocycles. The minimum atomic E-state index is -0.191. The predicted molar refractivity (Wildman–Crippen MR) is 80.4 cm³/mol. The van der Waals surface area contributed by atoms with E-state index in [2.05, 4.69) is 43.9 Å². The summed E-state index contributed by atoms with van der Waals surface area (Å²) in [7, 11) is 0. The van der Waals surface area contributed by atoms with Crippen molar-refractivity contribution < 1.29 is 0 Å². The van der Waals surface area contributed by atoms with E-state index in [9.17, 15) is 0 Å². The van der Waals surface area contributed by atoms with E-state index in [-0.39, 0.29) is 6.04 Å². The molecule has 2 aromatic rings. The molecule has 0 aliphatic heterocycles. The molecule has 2 rings (SSSR count). The highest BCUT2D eigenvalue weighted by molar-refractivity contribution is 9.10. The first-order valence-electron chi connectivity index (χ1n) is 5.86. The summed E-state index contributed by atoms with van der Waals surface area (Å²) < 4.78 is 3.95. The lowest BCUT2D eigenvalue weighted by molar-refractivity contribution is 0.558. The third-order valence-electron chi connectivity index (χ3n) is 2.80. The van der Waals surface area contributed by atoms with E-state index in [0.717, 1.165) is 33.2 Å². The van der Waals surface area contributed by atoms with Crippen molar-refractivity contribution in [2.24, 2.45) is 5.73 Å². The molecule has 1 aromatic heterocycles. The highest BCUT2D eigenvalue weighted by Gasteiger charge is 2.19. The van der Waals surface area contributed by atoms with Gasteiger partial charge in [0, 0.05) is 11.0 Å². The average Bonchev–Trinajstić information content (AvgIpc) is 2.71. The van der Waals surface area contributed by atoms with E-state index in [1.165, 1.54) is 0 Å². The first-order valence-corrected chi connectivity index (χ1v) is 7.45. The van der Waals surface area contributed by atoms with Gasteiger partial charge in [0.25, 0.3) is 0 Å². The molecule has 1 aromatic carbocycles. The minimum absolute atomic E-state index is 0.191. The average molecular weight is 373 g/mol. The molecule has 2 N–H and O–H groups in total. The topological polar surface area (TPSA) is 43.8 Å². The van der Waals surface area contributed by atoms with Crippen molar-refractivity contribution in [2.45, 2.75) is 25.9 Å². The number of aromatic nitrogens is 2. The standard InChI is InChI=1S/C13H15Br2N3/c1-2-7-18-13(11(15)8-17-18)12(16)9-5-3-4-6-10(9)14/h3-6,8,12H,2,7,16H2,1H3. The fourth-order valence-corrected chi connectivity index (χ4v) is 3.02. The van der Waals surface area contributed by atoms with Crippen molar-refractivity contribution in [1.82, 2.24) is 9.78 Å². The first kappa shape index (κ1) is 13.8. The lowest BCUT2D eigenvalue weighted by atomic mass is 10.0. The molecule has 18 heavy (non-hydrogen) atoms. The third-order valence-corrected chi connectivity index (χ3v) is 4.14. The van der Waals surface area contributed by atoms with Crippen LogP contribution in [0.2, 0.25) is 0 Å². The van der Waals surface area contributed by atoms with Crippen molar-refractivity contribution in [3.63, 3.8) is 0 Å². The summed E-state index contributed by atoms with van der Waals surface area (Å²) in [6, 6.07) is 7.82. The summed E-state index contributed by atoms with van der Waals surface area (Å²) in [6.45, 7) is 3.00. The van der Waals surface area contributed by atoms with Crippen molar-refractivity contribution in [2.75, 3.05) is 0 Å². The quantitative estimate of drug-likeness (QED) is 0.885. The Morgan fingerprint density at radius 3 is 2.67 bits per heavy atom. The zero-order valence-corrected chi connectivity index (χ0v) is 13.3. The van der Waals surface area contributed by atoms with E-state index in [0.29, 0.717) is 0 Å². The van der Waals surface area contributed by atoms with E-state index < -0.39 is 0 Å². The number of nitrogens with two attached hydrogens (primary N) is 1. The number of aryl methyl sites for hydroxylation is 1. The van der Waals surface area contributed by atoms with Crippen molar-refractivity contribution in [3.05, 3.63) is 50.7 Å². The van der Waals surface area contributed by atoms with Crippen molar-refractivity contribution in [3.8, 4) is 0 Å². The largest absolute Gasteiger partial charge is 0.319 e. The summed E-state index contributed by atoms with van der Waals surface area (Å²) in [5.41, 5.74) is 8.46. The first-order chi connectivity index (χ1) is 8.65. The monoisotopic (exact) mass is 371 g/mol. The molecule has 0 amide bonds. The molecule has 0 saturated carbocycles.